The van der Waals surface area contributed by atoms with Crippen LogP contribution in [-0.2, 0) is 29.1 Å². The summed E-state index contributed by atoms with van der Waals surface area (Å²) in [6, 6.07) is 1.11. The number of hydrogen-bond donors (Lipinski definition) is 1. The molecule has 0 saturated heterocycles. The maximum Gasteiger partial charge on any atom is 0.356 e. The molecule has 140 valence electrons. The van der Waals surface area contributed by atoms with Crippen molar-refractivity contribution in [2.24, 2.45) is 0 Å². The number of carbonyl (C=O) groups excluding carboxylic acids is 1. The Hall–Kier alpha value is -1.47. The van der Waals surface area contributed by atoms with Crippen LogP contribution >= 0.6 is 0 Å². The number of aromatic nitrogens is 2. The fourth-order valence-corrected chi connectivity index (χ4v) is 3.84. The molecule has 0 spiro atoms. The molecule has 1 N–H and O–H groups in total. The lowest BCUT2D eigenvalue weighted by atomic mass is 10.2. The molecular formula is C18H30N2O4Si. The summed E-state index contributed by atoms with van der Waals surface area (Å²) in [5.41, 5.74) is 2.16. The van der Waals surface area contributed by atoms with Crippen molar-refractivity contribution in [3.8, 4) is 0 Å². The average Bonchev–Trinajstić information content (AvgIpc) is 3.21. The second-order valence-corrected chi connectivity index (χ2v) is 13.6. The van der Waals surface area contributed by atoms with E-state index in [1.54, 1.807) is 4.68 Å². The van der Waals surface area contributed by atoms with Crippen LogP contribution in [0.25, 0.3) is 0 Å². The number of ketones is 1. The van der Waals surface area contributed by atoms with Gasteiger partial charge in [-0.3, -0.25) is 4.79 Å². The van der Waals surface area contributed by atoms with E-state index in [0.29, 0.717) is 12.5 Å². The molecule has 0 unspecified atom stereocenters. The number of hydrogen-bond acceptors (Lipinski definition) is 4. The van der Waals surface area contributed by atoms with E-state index in [0.717, 1.165) is 68.9 Å². The van der Waals surface area contributed by atoms with Crippen LogP contribution in [0.4, 0.5) is 0 Å². The highest BCUT2D eigenvalue weighted by molar-refractivity contribution is 6.76. The predicted octanol–water partition coefficient (Wildman–Crippen LogP) is 3.51. The predicted molar refractivity (Wildman–Crippen MR) is 98.8 cm³/mol. The number of aromatic carboxylic acids is 1. The number of ether oxygens (including phenoxy) is 1. The Kier molecular flexibility index (Phi) is 6.95. The summed E-state index contributed by atoms with van der Waals surface area (Å²) in [4.78, 5) is 21.4. The number of rotatable bonds is 6. The molecule has 0 atom stereocenters. The lowest BCUT2D eigenvalue weighted by molar-refractivity contribution is -0.117. The maximum absolute atomic E-state index is 11.1. The van der Waals surface area contributed by atoms with Gasteiger partial charge in [0.25, 0.3) is 0 Å². The quantitative estimate of drug-likeness (QED) is 0.615. The van der Waals surface area contributed by atoms with Crippen LogP contribution in [0.2, 0.25) is 25.7 Å². The van der Waals surface area contributed by atoms with Gasteiger partial charge in [0.1, 0.15) is 12.5 Å². The minimum Gasteiger partial charge on any atom is -0.476 e. The summed E-state index contributed by atoms with van der Waals surface area (Å²) in [6.45, 7) is 8.03. The third kappa shape index (κ3) is 6.08. The lowest BCUT2D eigenvalue weighted by Crippen LogP contribution is -2.22. The van der Waals surface area contributed by atoms with Crippen molar-refractivity contribution in [3.63, 3.8) is 0 Å². The van der Waals surface area contributed by atoms with E-state index in [-0.39, 0.29) is 5.69 Å². The molecule has 1 fully saturated rings. The van der Waals surface area contributed by atoms with Gasteiger partial charge in [-0.05, 0) is 38.1 Å². The molecule has 7 heteroatoms. The highest BCUT2D eigenvalue weighted by Gasteiger charge is 2.26. The summed E-state index contributed by atoms with van der Waals surface area (Å²) < 4.78 is 7.39. The average molecular weight is 367 g/mol. The second-order valence-electron chi connectivity index (χ2n) is 8.03. The standard InChI is InChI=1S/C13H22N2O3Si.C5H8O/c1-19(2,3)8-7-18-9-15-11-6-4-5-10(11)12(14-15)13(16)17;6-5-3-1-2-4-5/h4-9H2,1-3H3,(H,16,17);1-4H2. The van der Waals surface area contributed by atoms with Gasteiger partial charge < -0.3 is 9.84 Å². The van der Waals surface area contributed by atoms with E-state index in [9.17, 15) is 9.59 Å². The summed E-state index contributed by atoms with van der Waals surface area (Å²) in [5.74, 6) is -0.478. The van der Waals surface area contributed by atoms with Crippen molar-refractivity contribution < 1.29 is 19.4 Å². The minimum atomic E-state index is -1.08. The van der Waals surface area contributed by atoms with Crippen LogP contribution in [0, 0.1) is 0 Å². The summed E-state index contributed by atoms with van der Waals surface area (Å²) in [7, 11) is -1.08. The third-order valence-electron chi connectivity index (χ3n) is 4.58. The fraction of sp³-hybridized carbons (Fsp3) is 0.722. The molecule has 1 heterocycles. The van der Waals surface area contributed by atoms with E-state index < -0.39 is 14.0 Å². The molecule has 0 bridgehead atoms. The Morgan fingerprint density at radius 3 is 2.36 bits per heavy atom. The minimum absolute atomic E-state index is 0.210. The van der Waals surface area contributed by atoms with Crippen LogP contribution in [0.3, 0.4) is 0 Å². The van der Waals surface area contributed by atoms with Crippen LogP contribution in [0.15, 0.2) is 0 Å². The van der Waals surface area contributed by atoms with Crippen LogP contribution < -0.4 is 0 Å². The third-order valence-corrected chi connectivity index (χ3v) is 6.28. The zero-order chi connectivity index (χ0) is 18.4. The zero-order valence-corrected chi connectivity index (χ0v) is 16.6. The van der Waals surface area contributed by atoms with E-state index in [1.807, 2.05) is 0 Å². The summed E-state index contributed by atoms with van der Waals surface area (Å²) in [6.07, 6.45) is 6.72. The number of nitrogens with zero attached hydrogens (tertiary/aromatic N) is 2. The van der Waals surface area contributed by atoms with Gasteiger partial charge in [0.15, 0.2) is 5.69 Å². The Bertz CT molecular complexity index is 611. The summed E-state index contributed by atoms with van der Waals surface area (Å²) >= 11 is 0. The first kappa shape index (κ1) is 19.8. The molecule has 1 aromatic heterocycles. The molecule has 6 nitrogen and oxygen atoms in total. The summed E-state index contributed by atoms with van der Waals surface area (Å²) in [5, 5.41) is 13.3. The van der Waals surface area contributed by atoms with Gasteiger partial charge in [-0.15, -0.1) is 0 Å². The van der Waals surface area contributed by atoms with Crippen molar-refractivity contribution in [1.29, 1.82) is 0 Å². The van der Waals surface area contributed by atoms with Crippen molar-refractivity contribution in [3.05, 3.63) is 17.0 Å². The van der Waals surface area contributed by atoms with Crippen LogP contribution in [-0.4, -0.2) is 41.3 Å². The maximum atomic E-state index is 11.1. The molecule has 0 amide bonds. The van der Waals surface area contributed by atoms with Crippen molar-refractivity contribution in [2.75, 3.05) is 6.61 Å². The molecule has 0 aromatic carbocycles. The monoisotopic (exact) mass is 366 g/mol. The molecule has 25 heavy (non-hydrogen) atoms. The van der Waals surface area contributed by atoms with Crippen molar-refractivity contribution in [2.45, 2.75) is 77.4 Å². The number of fused-ring (bicyclic) bond motifs is 1. The van der Waals surface area contributed by atoms with Crippen LogP contribution in [0.5, 0.6) is 0 Å². The van der Waals surface area contributed by atoms with E-state index in [1.165, 1.54) is 0 Å². The van der Waals surface area contributed by atoms with Gasteiger partial charge >= 0.3 is 5.97 Å². The number of Topliss-reactive ketones (excluding diaryl/α,β-unsaturated/α-hetero) is 1. The molecule has 0 radical (unpaired) electrons. The molecule has 1 aromatic rings. The van der Waals surface area contributed by atoms with Crippen molar-refractivity contribution >= 4 is 19.8 Å². The smallest absolute Gasteiger partial charge is 0.356 e. The Morgan fingerprint density at radius 2 is 1.84 bits per heavy atom. The molecular weight excluding hydrogens is 336 g/mol. The molecule has 2 aliphatic rings. The highest BCUT2D eigenvalue weighted by Crippen LogP contribution is 2.25. The first-order valence-electron chi connectivity index (χ1n) is 9.19. The fourth-order valence-electron chi connectivity index (χ4n) is 3.09. The highest BCUT2D eigenvalue weighted by atomic mass is 28.3. The van der Waals surface area contributed by atoms with E-state index in [4.69, 9.17) is 9.84 Å². The van der Waals surface area contributed by atoms with Gasteiger partial charge in [0.2, 0.25) is 0 Å². The van der Waals surface area contributed by atoms with Gasteiger partial charge in [-0.25, -0.2) is 9.48 Å². The van der Waals surface area contributed by atoms with Gasteiger partial charge in [0, 0.05) is 38.8 Å². The normalized spacial score (nSPS) is 16.5. The van der Waals surface area contributed by atoms with Gasteiger partial charge in [-0.2, -0.15) is 5.10 Å². The lowest BCUT2D eigenvalue weighted by Gasteiger charge is -2.15. The number of carboxylic acids is 1. The topological polar surface area (TPSA) is 81.4 Å². The molecule has 1 saturated carbocycles. The van der Waals surface area contributed by atoms with Crippen LogP contribution in [0.1, 0.15) is 53.8 Å². The largest absolute Gasteiger partial charge is 0.476 e. The molecule has 0 aliphatic heterocycles. The first-order valence-corrected chi connectivity index (χ1v) is 12.9. The second kappa shape index (κ2) is 8.76. The molecule has 2 aliphatic carbocycles. The van der Waals surface area contributed by atoms with E-state index in [2.05, 4.69) is 24.7 Å². The molecule has 3 rings (SSSR count). The van der Waals surface area contributed by atoms with Crippen molar-refractivity contribution in [1.82, 2.24) is 9.78 Å². The Morgan fingerprint density at radius 1 is 1.16 bits per heavy atom. The number of carboxylic acid groups (broad SMARTS) is 1. The van der Waals surface area contributed by atoms with Gasteiger partial charge in [-0.1, -0.05) is 19.6 Å². The Balaban J connectivity index is 0.000000316. The number of carbonyl (C=O) groups is 2. The van der Waals surface area contributed by atoms with Gasteiger partial charge in [0.05, 0.1) is 0 Å². The first-order chi connectivity index (χ1) is 11.8. The SMILES string of the molecule is C[Si](C)(C)CCOCn1nc(C(=O)O)c2c1CCC2.O=C1CCCC1. The zero-order valence-electron chi connectivity index (χ0n) is 15.6. The Labute approximate surface area is 150 Å². The van der Waals surface area contributed by atoms with E-state index >= 15 is 0 Å².